The fourth-order valence-corrected chi connectivity index (χ4v) is 1.31. The number of nitrogens with zero attached hydrogens (tertiary/aromatic N) is 6. The van der Waals surface area contributed by atoms with E-state index >= 15 is 0 Å². The monoisotopic (exact) mass is 274 g/mol. The molecular weight excluding hydrogens is 252 g/mol. The maximum Gasteiger partial charge on any atom is 0.105 e. The van der Waals surface area contributed by atoms with E-state index < -0.39 is 0 Å². The fourth-order valence-electron chi connectivity index (χ4n) is 1.31. The minimum atomic E-state index is 1.06. The van der Waals surface area contributed by atoms with Crippen molar-refractivity contribution in [3.63, 3.8) is 0 Å². The van der Waals surface area contributed by atoms with Crippen molar-refractivity contribution in [2.75, 3.05) is 0 Å². The maximum atomic E-state index is 3.98. The minimum Gasteiger partial charge on any atom is -0.341 e. The molecule has 0 aliphatic rings. The number of hydrogen-bond acceptors (Lipinski definition) is 3. The van der Waals surface area contributed by atoms with E-state index in [0.29, 0.717) is 0 Å². The topological polar surface area (TPSA) is 53.5 Å². The summed E-state index contributed by atoms with van der Waals surface area (Å²) in [7, 11) is 5.87. The van der Waals surface area contributed by atoms with Gasteiger partial charge in [0.05, 0.1) is 18.3 Å². The lowest BCUT2D eigenvalue weighted by molar-refractivity contribution is 0.858. The summed E-state index contributed by atoms with van der Waals surface area (Å²) in [6.07, 6.45) is 12.9. The highest BCUT2D eigenvalue weighted by Gasteiger charge is 1.83. The predicted molar refractivity (Wildman–Crippen MR) is 79.1 cm³/mol. The molecule has 0 unspecified atom stereocenters. The fraction of sp³-hybridized carbons (Fsp3) is 0.357. The third kappa shape index (κ3) is 5.99. The molecule has 0 aliphatic heterocycles. The van der Waals surface area contributed by atoms with Crippen LogP contribution in [0.15, 0.2) is 43.6 Å². The number of rotatable bonds is 0. The molecule has 0 saturated heterocycles. The van der Waals surface area contributed by atoms with Crippen molar-refractivity contribution in [2.45, 2.75) is 13.8 Å². The Balaban J connectivity index is 0.000000151. The second kappa shape index (κ2) is 7.93. The van der Waals surface area contributed by atoms with Gasteiger partial charge in [-0.2, -0.15) is 0 Å². The van der Waals surface area contributed by atoms with E-state index in [9.17, 15) is 0 Å². The van der Waals surface area contributed by atoms with Crippen molar-refractivity contribution in [1.29, 1.82) is 0 Å². The molecule has 108 valence electrons. The Morgan fingerprint density at radius 2 is 1.60 bits per heavy atom. The first-order valence-electron chi connectivity index (χ1n) is 6.29. The first-order chi connectivity index (χ1) is 9.49. The Kier molecular flexibility index (Phi) is 6.22. The number of imidazole rings is 3. The van der Waals surface area contributed by atoms with E-state index in [2.05, 4.69) is 15.0 Å². The number of aromatic nitrogens is 6. The minimum absolute atomic E-state index is 1.06. The molecule has 0 amide bonds. The van der Waals surface area contributed by atoms with E-state index in [0.717, 1.165) is 11.5 Å². The van der Waals surface area contributed by atoms with Crippen LogP contribution in [0.1, 0.15) is 11.5 Å². The molecule has 0 N–H and O–H groups in total. The van der Waals surface area contributed by atoms with E-state index in [1.165, 1.54) is 0 Å². The van der Waals surface area contributed by atoms with Gasteiger partial charge < -0.3 is 13.7 Å². The average molecular weight is 274 g/mol. The molecule has 3 rings (SSSR count). The Morgan fingerprint density at radius 1 is 0.850 bits per heavy atom. The van der Waals surface area contributed by atoms with Crippen LogP contribution in [0.3, 0.4) is 0 Å². The van der Waals surface area contributed by atoms with Crippen LogP contribution in [0, 0.1) is 13.8 Å². The highest BCUT2D eigenvalue weighted by atomic mass is 15.0. The van der Waals surface area contributed by atoms with Crippen LogP contribution in [-0.2, 0) is 21.1 Å². The number of hydrogen-bond donors (Lipinski definition) is 0. The van der Waals surface area contributed by atoms with Crippen molar-refractivity contribution in [3.8, 4) is 0 Å². The van der Waals surface area contributed by atoms with Gasteiger partial charge in [0, 0.05) is 52.1 Å². The molecular formula is C14H22N6. The standard InChI is InChI=1S/2C5H8N2.C4H6N2/c1-5-3-7(2)4-6-5;1-5-6-3-4-7(5)2;1-6-3-2-5-4-6/h2*3-4H,1-2H3;2-4H,1H3. The average Bonchev–Trinajstić information content (AvgIpc) is 3.09. The van der Waals surface area contributed by atoms with Crippen LogP contribution >= 0.6 is 0 Å². The zero-order valence-electron chi connectivity index (χ0n) is 12.7. The van der Waals surface area contributed by atoms with Crippen molar-refractivity contribution in [2.24, 2.45) is 21.1 Å². The van der Waals surface area contributed by atoms with Gasteiger partial charge in [0.15, 0.2) is 0 Å². The lowest BCUT2D eigenvalue weighted by Gasteiger charge is -1.87. The molecule has 0 spiro atoms. The van der Waals surface area contributed by atoms with E-state index in [4.69, 9.17) is 0 Å². The smallest absolute Gasteiger partial charge is 0.105 e. The maximum absolute atomic E-state index is 3.98. The molecule has 0 fully saturated rings. The summed E-state index contributed by atoms with van der Waals surface area (Å²) in [5.41, 5.74) is 1.07. The van der Waals surface area contributed by atoms with Crippen LogP contribution in [0.25, 0.3) is 0 Å². The summed E-state index contributed by atoms with van der Waals surface area (Å²) in [6.45, 7) is 3.94. The van der Waals surface area contributed by atoms with Gasteiger partial charge in [0.2, 0.25) is 0 Å². The SMILES string of the molecule is Cc1cn(C)cn1.Cc1nccn1C.Cn1ccnc1. The van der Waals surface area contributed by atoms with Crippen LogP contribution < -0.4 is 0 Å². The molecule has 0 saturated carbocycles. The molecule has 20 heavy (non-hydrogen) atoms. The number of aryl methyl sites for hydroxylation is 5. The quantitative estimate of drug-likeness (QED) is 0.629. The normalized spacial score (nSPS) is 9.25. The van der Waals surface area contributed by atoms with Crippen LogP contribution in [0.5, 0.6) is 0 Å². The van der Waals surface area contributed by atoms with Gasteiger partial charge >= 0.3 is 0 Å². The Hall–Kier alpha value is -2.37. The molecule has 6 heteroatoms. The lowest BCUT2D eigenvalue weighted by Crippen LogP contribution is -1.86. The summed E-state index contributed by atoms with van der Waals surface area (Å²) in [5.74, 6) is 1.06. The Bertz CT molecular complexity index is 558. The van der Waals surface area contributed by atoms with Crippen molar-refractivity contribution >= 4 is 0 Å². The van der Waals surface area contributed by atoms with Gasteiger partial charge in [-0.1, -0.05) is 0 Å². The van der Waals surface area contributed by atoms with Crippen molar-refractivity contribution < 1.29 is 0 Å². The van der Waals surface area contributed by atoms with E-state index in [1.807, 2.05) is 67.3 Å². The van der Waals surface area contributed by atoms with Crippen LogP contribution in [0.2, 0.25) is 0 Å². The van der Waals surface area contributed by atoms with Gasteiger partial charge in [-0.25, -0.2) is 15.0 Å². The summed E-state index contributed by atoms with van der Waals surface area (Å²) in [5, 5.41) is 0. The highest BCUT2D eigenvalue weighted by molar-refractivity contribution is 4.90. The molecule has 0 bridgehead atoms. The zero-order valence-corrected chi connectivity index (χ0v) is 12.7. The summed E-state index contributed by atoms with van der Waals surface area (Å²) in [4.78, 5) is 11.7. The molecule has 3 aromatic heterocycles. The third-order valence-corrected chi connectivity index (χ3v) is 2.53. The van der Waals surface area contributed by atoms with Crippen molar-refractivity contribution in [1.82, 2.24) is 28.7 Å². The molecule has 6 nitrogen and oxygen atoms in total. The molecule has 0 atom stereocenters. The van der Waals surface area contributed by atoms with E-state index in [-0.39, 0.29) is 0 Å². The molecule has 0 radical (unpaired) electrons. The third-order valence-electron chi connectivity index (χ3n) is 2.53. The zero-order chi connectivity index (χ0) is 15.0. The van der Waals surface area contributed by atoms with Gasteiger partial charge in [0.25, 0.3) is 0 Å². The summed E-state index contributed by atoms with van der Waals surface area (Å²) < 4.78 is 5.79. The molecule has 3 heterocycles. The highest BCUT2D eigenvalue weighted by Crippen LogP contribution is 1.87. The predicted octanol–water partition coefficient (Wildman–Crippen LogP) is 1.88. The van der Waals surface area contributed by atoms with Gasteiger partial charge in [-0.3, -0.25) is 0 Å². The van der Waals surface area contributed by atoms with Gasteiger partial charge in [-0.15, -0.1) is 0 Å². The summed E-state index contributed by atoms with van der Waals surface area (Å²) in [6, 6.07) is 0. The summed E-state index contributed by atoms with van der Waals surface area (Å²) >= 11 is 0. The van der Waals surface area contributed by atoms with Gasteiger partial charge in [-0.05, 0) is 13.8 Å². The molecule has 0 aliphatic carbocycles. The Labute approximate surface area is 119 Å². The van der Waals surface area contributed by atoms with Crippen LogP contribution in [0.4, 0.5) is 0 Å². The largest absolute Gasteiger partial charge is 0.341 e. The van der Waals surface area contributed by atoms with Gasteiger partial charge in [0.1, 0.15) is 5.82 Å². The van der Waals surface area contributed by atoms with Crippen molar-refractivity contribution in [3.05, 3.63) is 55.2 Å². The van der Waals surface area contributed by atoms with Crippen LogP contribution in [-0.4, -0.2) is 28.7 Å². The molecule has 3 aromatic rings. The Morgan fingerprint density at radius 3 is 1.75 bits per heavy atom. The lowest BCUT2D eigenvalue weighted by atomic mass is 10.6. The van der Waals surface area contributed by atoms with E-state index in [1.54, 1.807) is 25.0 Å². The second-order valence-corrected chi connectivity index (χ2v) is 4.49. The first kappa shape index (κ1) is 15.7. The molecule has 0 aromatic carbocycles. The first-order valence-corrected chi connectivity index (χ1v) is 6.29. The second-order valence-electron chi connectivity index (χ2n) is 4.49.